The number of halogens is 1. The van der Waals surface area contributed by atoms with Crippen LogP contribution in [0.1, 0.15) is 40.2 Å². The van der Waals surface area contributed by atoms with E-state index in [0.29, 0.717) is 10.6 Å². The van der Waals surface area contributed by atoms with E-state index in [2.05, 4.69) is 10.6 Å². The van der Waals surface area contributed by atoms with Crippen LogP contribution in [-0.4, -0.2) is 40.1 Å². The van der Waals surface area contributed by atoms with Gasteiger partial charge in [0, 0.05) is 5.41 Å². The molecule has 8 heteroatoms. The molecule has 4 amide bonds. The van der Waals surface area contributed by atoms with Gasteiger partial charge in [0.15, 0.2) is 11.8 Å². The standard InChI is InChI=1S/C19H24ClN3O4/c1-10-7-8-11(20)12(9-10)21-15(25)13(14(24)18(2,3)4)23-16(26)19(5,6)22-17(23)27/h7-9,13H,1-6H3,(H,21,25)(H,22,27). The Kier molecular flexibility index (Phi) is 5.39. The Balaban J connectivity index is 2.46. The van der Waals surface area contributed by atoms with Gasteiger partial charge < -0.3 is 10.6 Å². The first-order valence-corrected chi connectivity index (χ1v) is 8.90. The first-order chi connectivity index (χ1) is 12.3. The number of carbonyl (C=O) groups excluding carboxylic acids is 4. The molecule has 1 aromatic rings. The van der Waals surface area contributed by atoms with E-state index < -0.39 is 40.6 Å². The lowest BCUT2D eigenvalue weighted by Gasteiger charge is -2.29. The number of Topliss-reactive ketones (excluding diaryl/α,β-unsaturated/α-hetero) is 1. The van der Waals surface area contributed by atoms with Crippen molar-refractivity contribution in [3.8, 4) is 0 Å². The van der Waals surface area contributed by atoms with Crippen LogP contribution in [0.25, 0.3) is 0 Å². The molecule has 0 bridgehead atoms. The molecule has 1 fully saturated rings. The van der Waals surface area contributed by atoms with Gasteiger partial charge in [0.25, 0.3) is 11.8 Å². The van der Waals surface area contributed by atoms with E-state index in [0.717, 1.165) is 5.56 Å². The fourth-order valence-corrected chi connectivity index (χ4v) is 2.87. The number of hydrogen-bond donors (Lipinski definition) is 2. The zero-order valence-electron chi connectivity index (χ0n) is 16.3. The van der Waals surface area contributed by atoms with Crippen molar-refractivity contribution >= 4 is 40.9 Å². The van der Waals surface area contributed by atoms with Crippen LogP contribution in [0.5, 0.6) is 0 Å². The van der Waals surface area contributed by atoms with E-state index in [1.165, 1.54) is 13.8 Å². The van der Waals surface area contributed by atoms with Gasteiger partial charge in [-0.25, -0.2) is 9.69 Å². The van der Waals surface area contributed by atoms with Crippen molar-refractivity contribution < 1.29 is 19.2 Å². The Morgan fingerprint density at radius 2 is 1.81 bits per heavy atom. The third-order valence-electron chi connectivity index (χ3n) is 4.27. The number of imide groups is 1. The summed E-state index contributed by atoms with van der Waals surface area (Å²) in [5.41, 5.74) is -0.996. The average molecular weight is 394 g/mol. The van der Waals surface area contributed by atoms with E-state index in [9.17, 15) is 19.2 Å². The smallest absolute Gasteiger partial charge is 0.324 e. The second-order valence-electron chi connectivity index (χ2n) is 8.22. The lowest BCUT2D eigenvalue weighted by Crippen LogP contribution is -2.55. The van der Waals surface area contributed by atoms with E-state index in [4.69, 9.17) is 11.6 Å². The molecule has 1 heterocycles. The summed E-state index contributed by atoms with van der Waals surface area (Å²) in [6.07, 6.45) is 0. The average Bonchev–Trinajstić information content (AvgIpc) is 2.72. The number of nitrogens with zero attached hydrogens (tertiary/aromatic N) is 1. The molecule has 1 aliphatic rings. The molecule has 27 heavy (non-hydrogen) atoms. The highest BCUT2D eigenvalue weighted by atomic mass is 35.5. The molecular weight excluding hydrogens is 370 g/mol. The number of anilines is 1. The van der Waals surface area contributed by atoms with Gasteiger partial charge in [0.1, 0.15) is 5.54 Å². The molecule has 0 saturated carbocycles. The molecule has 0 aromatic heterocycles. The summed E-state index contributed by atoms with van der Waals surface area (Å²) < 4.78 is 0. The summed E-state index contributed by atoms with van der Waals surface area (Å²) in [6, 6.07) is 2.66. The van der Waals surface area contributed by atoms with Gasteiger partial charge in [0.05, 0.1) is 10.7 Å². The number of rotatable bonds is 4. The summed E-state index contributed by atoms with van der Waals surface area (Å²) in [4.78, 5) is 51.7. The van der Waals surface area contributed by atoms with Crippen molar-refractivity contribution in [2.75, 3.05) is 5.32 Å². The van der Waals surface area contributed by atoms with E-state index >= 15 is 0 Å². The van der Waals surface area contributed by atoms with Crippen LogP contribution in [0.3, 0.4) is 0 Å². The Morgan fingerprint density at radius 1 is 1.22 bits per heavy atom. The molecule has 1 atom stereocenters. The molecule has 146 valence electrons. The Bertz CT molecular complexity index is 827. The Morgan fingerprint density at radius 3 is 2.30 bits per heavy atom. The maximum Gasteiger partial charge on any atom is 0.326 e. The maximum absolute atomic E-state index is 13.0. The number of ketones is 1. The van der Waals surface area contributed by atoms with Crippen LogP contribution in [0.2, 0.25) is 5.02 Å². The molecule has 1 aliphatic heterocycles. The summed E-state index contributed by atoms with van der Waals surface area (Å²) in [7, 11) is 0. The van der Waals surface area contributed by atoms with Crippen molar-refractivity contribution in [1.29, 1.82) is 0 Å². The third-order valence-corrected chi connectivity index (χ3v) is 4.60. The second-order valence-corrected chi connectivity index (χ2v) is 8.63. The molecular formula is C19H24ClN3O4. The third kappa shape index (κ3) is 4.13. The second kappa shape index (κ2) is 6.96. The Labute approximate surface area is 163 Å². The predicted molar refractivity (Wildman–Crippen MR) is 103 cm³/mol. The molecule has 1 unspecified atom stereocenters. The van der Waals surface area contributed by atoms with E-state index in [1.54, 1.807) is 39.0 Å². The molecule has 0 aliphatic carbocycles. The van der Waals surface area contributed by atoms with Crippen LogP contribution in [-0.2, 0) is 14.4 Å². The van der Waals surface area contributed by atoms with Crippen LogP contribution < -0.4 is 10.6 Å². The minimum Gasteiger partial charge on any atom is -0.324 e. The number of aryl methyl sites for hydroxylation is 1. The van der Waals surface area contributed by atoms with Crippen LogP contribution in [0, 0.1) is 12.3 Å². The first-order valence-electron chi connectivity index (χ1n) is 8.53. The minimum atomic E-state index is -1.60. The SMILES string of the molecule is Cc1ccc(Cl)c(NC(=O)C(C(=O)C(C)(C)C)N2C(=O)NC(C)(C)C2=O)c1. The summed E-state index contributed by atoms with van der Waals surface area (Å²) in [5, 5.41) is 5.37. The molecule has 7 nitrogen and oxygen atoms in total. The highest BCUT2D eigenvalue weighted by Crippen LogP contribution is 2.28. The van der Waals surface area contributed by atoms with Gasteiger partial charge in [-0.3, -0.25) is 14.4 Å². The van der Waals surface area contributed by atoms with Crippen molar-refractivity contribution in [1.82, 2.24) is 10.2 Å². The molecule has 0 spiro atoms. The normalized spacial score (nSPS) is 17.5. The molecule has 2 N–H and O–H groups in total. The van der Waals surface area contributed by atoms with Crippen molar-refractivity contribution in [3.63, 3.8) is 0 Å². The monoisotopic (exact) mass is 393 g/mol. The number of nitrogens with one attached hydrogen (secondary N) is 2. The number of hydrogen-bond acceptors (Lipinski definition) is 4. The minimum absolute atomic E-state index is 0.286. The van der Waals surface area contributed by atoms with Crippen molar-refractivity contribution in [2.24, 2.45) is 5.41 Å². The number of carbonyl (C=O) groups is 4. The summed E-state index contributed by atoms with van der Waals surface area (Å²) in [5.74, 6) is -1.98. The molecule has 0 radical (unpaired) electrons. The van der Waals surface area contributed by atoms with E-state index in [1.807, 2.05) is 6.92 Å². The molecule has 1 aromatic carbocycles. The molecule has 2 rings (SSSR count). The zero-order valence-corrected chi connectivity index (χ0v) is 17.0. The van der Waals surface area contributed by atoms with Gasteiger partial charge in [-0.2, -0.15) is 0 Å². The van der Waals surface area contributed by atoms with Gasteiger partial charge in [-0.15, -0.1) is 0 Å². The van der Waals surface area contributed by atoms with Gasteiger partial charge >= 0.3 is 6.03 Å². The summed E-state index contributed by atoms with van der Waals surface area (Å²) >= 11 is 6.12. The van der Waals surface area contributed by atoms with Crippen LogP contribution in [0.15, 0.2) is 18.2 Å². The number of urea groups is 1. The lowest BCUT2D eigenvalue weighted by atomic mass is 9.85. The Hall–Kier alpha value is -2.41. The summed E-state index contributed by atoms with van der Waals surface area (Å²) in [6.45, 7) is 9.72. The quantitative estimate of drug-likeness (QED) is 0.607. The van der Waals surface area contributed by atoms with E-state index in [-0.39, 0.29) is 5.02 Å². The van der Waals surface area contributed by atoms with Gasteiger partial charge in [0.2, 0.25) is 0 Å². The largest absolute Gasteiger partial charge is 0.326 e. The number of amides is 4. The van der Waals surface area contributed by atoms with Crippen LogP contribution >= 0.6 is 11.6 Å². The van der Waals surface area contributed by atoms with Gasteiger partial charge in [-0.05, 0) is 38.5 Å². The predicted octanol–water partition coefficient (Wildman–Crippen LogP) is 2.90. The highest BCUT2D eigenvalue weighted by molar-refractivity contribution is 6.34. The fraction of sp³-hybridized carbons (Fsp3) is 0.474. The van der Waals surface area contributed by atoms with Crippen LogP contribution in [0.4, 0.5) is 10.5 Å². The van der Waals surface area contributed by atoms with Crippen molar-refractivity contribution in [2.45, 2.75) is 53.1 Å². The first kappa shape index (κ1) is 20.9. The van der Waals surface area contributed by atoms with Crippen molar-refractivity contribution in [3.05, 3.63) is 28.8 Å². The van der Waals surface area contributed by atoms with Gasteiger partial charge in [-0.1, -0.05) is 38.4 Å². The molecule has 1 saturated heterocycles. The lowest BCUT2D eigenvalue weighted by molar-refractivity contribution is -0.144. The fourth-order valence-electron chi connectivity index (χ4n) is 2.71. The maximum atomic E-state index is 13.0. The zero-order chi connectivity index (χ0) is 20.7. The number of benzene rings is 1. The topological polar surface area (TPSA) is 95.6 Å². The highest BCUT2D eigenvalue weighted by Gasteiger charge is 2.53.